The molecule has 0 atom stereocenters. The van der Waals surface area contributed by atoms with E-state index in [1.807, 2.05) is 0 Å². The molecule has 1 rings (SSSR count). The summed E-state index contributed by atoms with van der Waals surface area (Å²) in [6.45, 7) is 6.37. The average molecular weight is 307 g/mol. The van der Waals surface area contributed by atoms with Crippen molar-refractivity contribution in [2.75, 3.05) is 38.8 Å². The van der Waals surface area contributed by atoms with Gasteiger partial charge in [0.05, 0.1) is 13.7 Å². The SMILES string of the molecule is COCCN(CC(C)C)c1nc(Cl)c(C(=O)OC)s1. The van der Waals surface area contributed by atoms with Gasteiger partial charge in [-0.1, -0.05) is 36.8 Å². The molecule has 0 bridgehead atoms. The fourth-order valence-electron chi connectivity index (χ4n) is 1.55. The van der Waals surface area contributed by atoms with E-state index in [2.05, 4.69) is 28.5 Å². The van der Waals surface area contributed by atoms with E-state index in [0.717, 1.165) is 11.7 Å². The van der Waals surface area contributed by atoms with Crippen molar-refractivity contribution in [2.24, 2.45) is 5.92 Å². The summed E-state index contributed by atoms with van der Waals surface area (Å²) in [5, 5.41) is 0.911. The predicted molar refractivity (Wildman–Crippen MR) is 77.4 cm³/mol. The second kappa shape index (κ2) is 7.67. The van der Waals surface area contributed by atoms with E-state index in [-0.39, 0.29) is 5.15 Å². The number of aromatic nitrogens is 1. The summed E-state index contributed by atoms with van der Waals surface area (Å²) < 4.78 is 9.77. The molecule has 0 unspecified atom stereocenters. The zero-order valence-electron chi connectivity index (χ0n) is 11.6. The van der Waals surface area contributed by atoms with Crippen LogP contribution in [0.4, 0.5) is 5.13 Å². The highest BCUT2D eigenvalue weighted by Crippen LogP contribution is 2.30. The van der Waals surface area contributed by atoms with Gasteiger partial charge in [-0.2, -0.15) is 0 Å². The second-order valence-electron chi connectivity index (χ2n) is 4.44. The molecule has 0 saturated carbocycles. The summed E-state index contributed by atoms with van der Waals surface area (Å²) >= 11 is 7.22. The van der Waals surface area contributed by atoms with Crippen molar-refractivity contribution in [3.8, 4) is 0 Å². The van der Waals surface area contributed by atoms with Gasteiger partial charge in [0.15, 0.2) is 15.2 Å². The largest absolute Gasteiger partial charge is 0.465 e. The first kappa shape index (κ1) is 16.2. The van der Waals surface area contributed by atoms with Crippen molar-refractivity contribution in [3.05, 3.63) is 10.0 Å². The minimum Gasteiger partial charge on any atom is -0.465 e. The molecule has 19 heavy (non-hydrogen) atoms. The third kappa shape index (κ3) is 4.63. The lowest BCUT2D eigenvalue weighted by Gasteiger charge is -2.23. The Morgan fingerprint density at radius 2 is 2.16 bits per heavy atom. The predicted octanol–water partition coefficient (Wildman–Crippen LogP) is 2.69. The van der Waals surface area contributed by atoms with Crippen LogP contribution in [0.25, 0.3) is 0 Å². The Hall–Kier alpha value is -0.850. The van der Waals surface area contributed by atoms with Crippen LogP contribution in [0.3, 0.4) is 0 Å². The van der Waals surface area contributed by atoms with Gasteiger partial charge in [0, 0.05) is 20.2 Å². The molecule has 5 nitrogen and oxygen atoms in total. The van der Waals surface area contributed by atoms with Crippen LogP contribution in [0.1, 0.15) is 23.5 Å². The third-order valence-corrected chi connectivity index (χ3v) is 3.85. The summed E-state index contributed by atoms with van der Waals surface area (Å²) in [5.41, 5.74) is 0. The van der Waals surface area contributed by atoms with E-state index >= 15 is 0 Å². The lowest BCUT2D eigenvalue weighted by molar-refractivity contribution is 0.0606. The monoisotopic (exact) mass is 306 g/mol. The maximum absolute atomic E-state index is 11.5. The van der Waals surface area contributed by atoms with E-state index in [0.29, 0.717) is 23.9 Å². The van der Waals surface area contributed by atoms with Gasteiger partial charge in [-0.3, -0.25) is 0 Å². The van der Waals surface area contributed by atoms with Gasteiger partial charge in [0.2, 0.25) is 0 Å². The van der Waals surface area contributed by atoms with E-state index in [9.17, 15) is 4.79 Å². The quantitative estimate of drug-likeness (QED) is 0.725. The number of rotatable bonds is 7. The number of thiazole rings is 1. The molecule has 1 aromatic rings. The van der Waals surface area contributed by atoms with E-state index in [4.69, 9.17) is 16.3 Å². The second-order valence-corrected chi connectivity index (χ2v) is 5.78. The first-order valence-electron chi connectivity index (χ1n) is 5.98. The number of carbonyl (C=O) groups excluding carboxylic acids is 1. The van der Waals surface area contributed by atoms with E-state index < -0.39 is 5.97 Å². The number of hydrogen-bond acceptors (Lipinski definition) is 6. The number of hydrogen-bond donors (Lipinski definition) is 0. The van der Waals surface area contributed by atoms with Gasteiger partial charge >= 0.3 is 5.97 Å². The maximum atomic E-state index is 11.5. The number of ether oxygens (including phenoxy) is 2. The fourth-order valence-corrected chi connectivity index (χ4v) is 2.79. The smallest absolute Gasteiger partial charge is 0.351 e. The van der Waals surface area contributed by atoms with Crippen LogP contribution in [0.5, 0.6) is 0 Å². The number of carbonyl (C=O) groups is 1. The zero-order chi connectivity index (χ0) is 14.4. The van der Waals surface area contributed by atoms with Gasteiger partial charge in [0.25, 0.3) is 0 Å². The van der Waals surface area contributed by atoms with Crippen LogP contribution in [-0.4, -0.2) is 44.9 Å². The van der Waals surface area contributed by atoms with Crippen molar-refractivity contribution >= 4 is 34.0 Å². The minimum absolute atomic E-state index is 0.193. The van der Waals surface area contributed by atoms with E-state index in [1.54, 1.807) is 7.11 Å². The molecule has 1 aromatic heterocycles. The molecule has 7 heteroatoms. The molecule has 0 amide bonds. The highest BCUT2D eigenvalue weighted by molar-refractivity contribution is 7.18. The van der Waals surface area contributed by atoms with Crippen LogP contribution in [-0.2, 0) is 9.47 Å². The fraction of sp³-hybridized carbons (Fsp3) is 0.667. The minimum atomic E-state index is -0.454. The number of methoxy groups -OCH3 is 2. The van der Waals surface area contributed by atoms with Gasteiger partial charge in [-0.15, -0.1) is 0 Å². The van der Waals surface area contributed by atoms with Crippen LogP contribution in [0.2, 0.25) is 5.15 Å². The summed E-state index contributed by atoms with van der Waals surface area (Å²) in [4.78, 5) is 18.2. The maximum Gasteiger partial charge on any atom is 0.351 e. The van der Waals surface area contributed by atoms with Crippen LogP contribution in [0.15, 0.2) is 0 Å². The average Bonchev–Trinajstić information content (AvgIpc) is 2.75. The number of anilines is 1. The molecule has 0 fully saturated rings. The lowest BCUT2D eigenvalue weighted by Crippen LogP contribution is -2.30. The Labute approximate surface area is 122 Å². The summed E-state index contributed by atoms with van der Waals surface area (Å²) in [5.74, 6) is 0.0195. The topological polar surface area (TPSA) is 51.7 Å². The van der Waals surface area contributed by atoms with Gasteiger partial charge in [-0.05, 0) is 5.92 Å². The van der Waals surface area contributed by atoms with Crippen LogP contribution < -0.4 is 4.90 Å². The number of halogens is 1. The summed E-state index contributed by atoms with van der Waals surface area (Å²) in [6, 6.07) is 0. The zero-order valence-corrected chi connectivity index (χ0v) is 13.2. The first-order chi connectivity index (χ1) is 8.99. The van der Waals surface area contributed by atoms with Crippen molar-refractivity contribution in [3.63, 3.8) is 0 Å². The normalized spacial score (nSPS) is 10.8. The molecule has 0 aliphatic carbocycles. The molecule has 108 valence electrons. The molecule has 0 N–H and O–H groups in total. The van der Waals surface area contributed by atoms with Crippen molar-refractivity contribution in [1.82, 2.24) is 4.98 Å². The Kier molecular flexibility index (Phi) is 6.54. The van der Waals surface area contributed by atoms with Gasteiger partial charge in [-0.25, -0.2) is 9.78 Å². The molecule has 0 aromatic carbocycles. The Morgan fingerprint density at radius 1 is 1.47 bits per heavy atom. The molecule has 0 spiro atoms. The molecular formula is C12H19ClN2O3S. The highest BCUT2D eigenvalue weighted by Gasteiger charge is 2.21. The number of esters is 1. The van der Waals surface area contributed by atoms with Crippen molar-refractivity contribution in [2.45, 2.75) is 13.8 Å². The molecule has 0 aliphatic heterocycles. The standard InChI is InChI=1S/C12H19ClN2O3S/c1-8(2)7-15(5-6-17-3)12-14-10(13)9(19-12)11(16)18-4/h8H,5-7H2,1-4H3. The highest BCUT2D eigenvalue weighted by atomic mass is 35.5. The molecular weight excluding hydrogens is 288 g/mol. The van der Waals surface area contributed by atoms with Crippen LogP contribution in [0, 0.1) is 5.92 Å². The van der Waals surface area contributed by atoms with E-state index in [1.165, 1.54) is 18.4 Å². The molecule has 0 aliphatic rings. The lowest BCUT2D eigenvalue weighted by atomic mass is 10.2. The first-order valence-corrected chi connectivity index (χ1v) is 7.17. The summed E-state index contributed by atoms with van der Waals surface area (Å²) in [7, 11) is 2.98. The third-order valence-electron chi connectivity index (χ3n) is 2.37. The van der Waals surface area contributed by atoms with Gasteiger partial charge in [0.1, 0.15) is 0 Å². The van der Waals surface area contributed by atoms with Crippen LogP contribution >= 0.6 is 22.9 Å². The summed E-state index contributed by atoms with van der Waals surface area (Å²) in [6.07, 6.45) is 0. The molecule has 1 heterocycles. The Balaban J connectivity index is 2.92. The number of nitrogens with zero attached hydrogens (tertiary/aromatic N) is 2. The molecule has 0 radical (unpaired) electrons. The van der Waals surface area contributed by atoms with Gasteiger partial charge < -0.3 is 14.4 Å². The Bertz CT molecular complexity index is 423. The molecule has 0 saturated heterocycles. The Morgan fingerprint density at radius 3 is 2.68 bits per heavy atom. The van der Waals surface area contributed by atoms with Crippen molar-refractivity contribution in [1.29, 1.82) is 0 Å². The van der Waals surface area contributed by atoms with Crippen molar-refractivity contribution < 1.29 is 14.3 Å².